The van der Waals surface area contributed by atoms with E-state index in [0.717, 1.165) is 58.7 Å². The lowest BCUT2D eigenvalue weighted by Gasteiger charge is -2.39. The van der Waals surface area contributed by atoms with Crippen molar-refractivity contribution in [3.05, 3.63) is 192 Å². The zero-order valence-corrected chi connectivity index (χ0v) is 26.8. The number of hydrogen-bond donors (Lipinski definition) is 0. The molecule has 0 spiro atoms. The van der Waals surface area contributed by atoms with Gasteiger partial charge in [-0.15, -0.1) is 0 Å². The van der Waals surface area contributed by atoms with E-state index in [1.807, 2.05) is 12.1 Å². The predicted octanol–water partition coefficient (Wildman–Crippen LogP) is 11.5. The Balaban J connectivity index is 1.05. The molecule has 4 aliphatic carbocycles. The van der Waals surface area contributed by atoms with Crippen LogP contribution >= 0.6 is 0 Å². The molecule has 0 saturated heterocycles. The van der Waals surface area contributed by atoms with Gasteiger partial charge in [-0.3, -0.25) is 0 Å². The van der Waals surface area contributed by atoms with Gasteiger partial charge in [-0.25, -0.2) is 9.97 Å². The van der Waals surface area contributed by atoms with E-state index in [0.29, 0.717) is 17.8 Å². The fourth-order valence-corrected chi connectivity index (χ4v) is 8.01. The van der Waals surface area contributed by atoms with Crippen molar-refractivity contribution >= 4 is 0 Å². The molecule has 3 unspecified atom stereocenters. The van der Waals surface area contributed by atoms with Crippen molar-refractivity contribution in [3.63, 3.8) is 0 Å². The molecule has 1 aromatic heterocycles. The van der Waals surface area contributed by atoms with Gasteiger partial charge in [-0.1, -0.05) is 158 Å². The van der Waals surface area contributed by atoms with Crippen LogP contribution in [0.2, 0.25) is 0 Å². The maximum atomic E-state index is 5.13. The Bertz CT molecular complexity index is 2140. The molecular weight excluding hydrogens is 581 g/mol. The molecule has 230 valence electrons. The summed E-state index contributed by atoms with van der Waals surface area (Å²) >= 11 is 0. The third kappa shape index (κ3) is 5.15. The summed E-state index contributed by atoms with van der Waals surface area (Å²) < 4.78 is 0. The van der Waals surface area contributed by atoms with Crippen LogP contribution in [-0.4, -0.2) is 9.97 Å². The van der Waals surface area contributed by atoms with Gasteiger partial charge in [0.25, 0.3) is 0 Å². The summed E-state index contributed by atoms with van der Waals surface area (Å²) in [6.45, 7) is 0. The first-order valence-corrected chi connectivity index (χ1v) is 17.2. The molecule has 0 bridgehead atoms. The Hall–Kier alpha value is -5.60. The van der Waals surface area contributed by atoms with Crippen LogP contribution in [0.1, 0.15) is 30.7 Å². The zero-order chi connectivity index (χ0) is 31.9. The second kappa shape index (κ2) is 12.2. The summed E-state index contributed by atoms with van der Waals surface area (Å²) in [6, 6.07) is 40.6. The smallest absolute Gasteiger partial charge is 0.161 e. The van der Waals surface area contributed by atoms with Gasteiger partial charge in [0.1, 0.15) is 0 Å². The van der Waals surface area contributed by atoms with Crippen LogP contribution in [0.25, 0.3) is 45.0 Å². The highest BCUT2D eigenvalue weighted by molar-refractivity contribution is 5.82. The normalized spacial score (nSPS) is 20.8. The molecule has 9 rings (SSSR count). The first-order chi connectivity index (χ1) is 23.8. The number of rotatable bonds is 5. The fourth-order valence-electron chi connectivity index (χ4n) is 8.01. The van der Waals surface area contributed by atoms with E-state index in [1.165, 1.54) is 16.7 Å². The van der Waals surface area contributed by atoms with Gasteiger partial charge in [0.2, 0.25) is 0 Å². The Kier molecular flexibility index (Phi) is 7.28. The summed E-state index contributed by atoms with van der Waals surface area (Å²) in [6.07, 6.45) is 22.3. The van der Waals surface area contributed by atoms with Gasteiger partial charge in [0.15, 0.2) is 5.82 Å². The minimum Gasteiger partial charge on any atom is -0.228 e. The van der Waals surface area contributed by atoms with E-state index in [2.05, 4.69) is 152 Å². The minimum absolute atomic E-state index is 0.367. The second-order valence-corrected chi connectivity index (χ2v) is 13.2. The summed E-state index contributed by atoms with van der Waals surface area (Å²) in [5, 5.41) is 0. The molecule has 0 fully saturated rings. The quantitative estimate of drug-likeness (QED) is 0.196. The molecule has 2 heteroatoms. The number of allylic oxidation sites excluding steroid dienone is 12. The van der Waals surface area contributed by atoms with E-state index < -0.39 is 0 Å². The van der Waals surface area contributed by atoms with E-state index in [1.54, 1.807) is 16.7 Å². The minimum atomic E-state index is 0.367. The van der Waals surface area contributed by atoms with Gasteiger partial charge in [0, 0.05) is 34.4 Å². The van der Waals surface area contributed by atoms with Crippen molar-refractivity contribution in [1.29, 1.82) is 0 Å². The highest BCUT2D eigenvalue weighted by atomic mass is 14.9. The molecular formula is C46H36N2. The maximum absolute atomic E-state index is 5.13. The Morgan fingerprint density at radius 3 is 1.79 bits per heavy atom. The topological polar surface area (TPSA) is 25.8 Å². The van der Waals surface area contributed by atoms with Crippen molar-refractivity contribution in [2.45, 2.75) is 25.2 Å². The van der Waals surface area contributed by atoms with Crippen LogP contribution in [0.3, 0.4) is 0 Å². The van der Waals surface area contributed by atoms with E-state index >= 15 is 0 Å². The average Bonchev–Trinajstić information content (AvgIpc) is 3.18. The van der Waals surface area contributed by atoms with Crippen LogP contribution in [0.4, 0.5) is 0 Å². The van der Waals surface area contributed by atoms with Crippen molar-refractivity contribution in [2.75, 3.05) is 0 Å². The Morgan fingerprint density at radius 1 is 0.521 bits per heavy atom. The molecule has 4 aliphatic rings. The fraction of sp³-hybridized carbons (Fsp3) is 0.130. The second-order valence-electron chi connectivity index (χ2n) is 13.2. The number of benzene rings is 4. The summed E-state index contributed by atoms with van der Waals surface area (Å²) in [7, 11) is 0. The Morgan fingerprint density at radius 2 is 1.12 bits per heavy atom. The van der Waals surface area contributed by atoms with Gasteiger partial charge in [0.05, 0.1) is 11.4 Å². The largest absolute Gasteiger partial charge is 0.228 e. The molecule has 4 aromatic carbocycles. The lowest BCUT2D eigenvalue weighted by Crippen LogP contribution is -2.26. The van der Waals surface area contributed by atoms with Crippen LogP contribution in [0.15, 0.2) is 186 Å². The van der Waals surface area contributed by atoms with Gasteiger partial charge in [-0.05, 0) is 64.3 Å². The van der Waals surface area contributed by atoms with Gasteiger partial charge in [-0.2, -0.15) is 0 Å². The highest BCUT2D eigenvalue weighted by Gasteiger charge is 2.36. The third-order valence-corrected chi connectivity index (χ3v) is 10.4. The summed E-state index contributed by atoms with van der Waals surface area (Å²) in [4.78, 5) is 10.3. The number of fused-ring (bicyclic) bond motifs is 4. The number of hydrogen-bond acceptors (Lipinski definition) is 2. The van der Waals surface area contributed by atoms with Crippen LogP contribution in [0.5, 0.6) is 0 Å². The monoisotopic (exact) mass is 616 g/mol. The van der Waals surface area contributed by atoms with Crippen LogP contribution < -0.4 is 0 Å². The van der Waals surface area contributed by atoms with Crippen LogP contribution in [0, 0.1) is 11.8 Å². The van der Waals surface area contributed by atoms with Gasteiger partial charge < -0.3 is 0 Å². The molecule has 5 aromatic rings. The molecule has 0 amide bonds. The lowest BCUT2D eigenvalue weighted by atomic mass is 9.64. The zero-order valence-electron chi connectivity index (χ0n) is 26.8. The van der Waals surface area contributed by atoms with E-state index in [4.69, 9.17) is 9.97 Å². The van der Waals surface area contributed by atoms with Crippen LogP contribution in [-0.2, 0) is 0 Å². The summed E-state index contributed by atoms with van der Waals surface area (Å²) in [5.41, 5.74) is 15.0. The number of aromatic nitrogens is 2. The third-order valence-electron chi connectivity index (χ3n) is 10.4. The first-order valence-electron chi connectivity index (χ1n) is 17.2. The molecule has 3 atom stereocenters. The molecule has 0 saturated carbocycles. The van der Waals surface area contributed by atoms with Gasteiger partial charge >= 0.3 is 0 Å². The first kappa shape index (κ1) is 28.6. The molecule has 2 nitrogen and oxygen atoms in total. The summed E-state index contributed by atoms with van der Waals surface area (Å²) in [5.74, 6) is 2.03. The number of nitrogens with zero attached hydrogens (tertiary/aromatic N) is 2. The molecule has 0 radical (unpaired) electrons. The predicted molar refractivity (Wildman–Crippen MR) is 198 cm³/mol. The Labute approximate surface area is 283 Å². The molecule has 0 aliphatic heterocycles. The van der Waals surface area contributed by atoms with E-state index in [9.17, 15) is 0 Å². The van der Waals surface area contributed by atoms with Crippen molar-refractivity contribution in [2.24, 2.45) is 11.8 Å². The average molecular weight is 617 g/mol. The molecule has 0 N–H and O–H groups in total. The lowest BCUT2D eigenvalue weighted by molar-refractivity contribution is 0.573. The van der Waals surface area contributed by atoms with E-state index in [-0.39, 0.29) is 0 Å². The van der Waals surface area contributed by atoms with Crippen molar-refractivity contribution in [3.8, 4) is 45.0 Å². The maximum Gasteiger partial charge on any atom is 0.161 e. The van der Waals surface area contributed by atoms with Crippen molar-refractivity contribution in [1.82, 2.24) is 9.97 Å². The molecule has 48 heavy (non-hydrogen) atoms. The standard InChI is InChI=1S/C46H36N2/c1-3-13-33(14-4-1)44-30-45(34-15-5-2-6-16-34)48-46(47-44)42-22-12-7-17-36(42)32-25-23-31(24-26-32)35-27-28-41-39-20-9-8-18-37(39)38-19-10-11-21-40(38)43(41)29-35/h1-10,12-20,22-28,30,35,37,39H,11,21,29H2. The van der Waals surface area contributed by atoms with Crippen molar-refractivity contribution < 1.29 is 0 Å². The highest BCUT2D eigenvalue weighted by Crippen LogP contribution is 2.50. The SMILES string of the molecule is C1=CC2C3=C(CCC=C3)C3=C(C=CC(c4ccc(-c5ccccc5-c5nc(-c6ccccc6)cc(-c6ccccc6)n5)cc4)C3)C2C=C1. The molecule has 1 heterocycles.